The van der Waals surface area contributed by atoms with Gasteiger partial charge in [-0.1, -0.05) is 6.07 Å². The van der Waals surface area contributed by atoms with Crippen LogP contribution in [-0.4, -0.2) is 9.55 Å². The summed E-state index contributed by atoms with van der Waals surface area (Å²) in [6, 6.07) is 9.53. The van der Waals surface area contributed by atoms with Gasteiger partial charge in [-0.2, -0.15) is 5.26 Å². The van der Waals surface area contributed by atoms with Gasteiger partial charge in [0.05, 0.1) is 18.2 Å². The van der Waals surface area contributed by atoms with Gasteiger partial charge in [-0.3, -0.25) is 0 Å². The number of halogens is 2. The first-order valence-corrected chi connectivity index (χ1v) is 7.38. The van der Waals surface area contributed by atoms with Crippen molar-refractivity contribution in [2.24, 2.45) is 0 Å². The van der Waals surface area contributed by atoms with Crippen molar-refractivity contribution in [3.8, 4) is 6.07 Å². The average molecular weight is 384 g/mol. The Morgan fingerprint density at radius 2 is 2.21 bits per heavy atom. The van der Waals surface area contributed by atoms with Crippen LogP contribution in [0.15, 0.2) is 33.5 Å². The number of nitrogens with one attached hydrogen (secondary N) is 1. The van der Waals surface area contributed by atoms with E-state index in [-0.39, 0.29) is 0 Å². The second-order valence-electron chi connectivity index (χ2n) is 3.90. The molecule has 0 saturated carbocycles. The molecule has 0 spiro atoms. The fourth-order valence-electron chi connectivity index (χ4n) is 1.78. The number of anilines is 1. The van der Waals surface area contributed by atoms with Gasteiger partial charge in [0, 0.05) is 12.2 Å². The lowest BCUT2D eigenvalue weighted by Crippen LogP contribution is -2.08. The van der Waals surface area contributed by atoms with E-state index in [0.29, 0.717) is 12.1 Å². The summed E-state index contributed by atoms with van der Waals surface area (Å²) in [5.74, 6) is 0.934. The molecule has 6 heteroatoms. The van der Waals surface area contributed by atoms with Crippen molar-refractivity contribution in [1.29, 1.82) is 5.26 Å². The molecule has 0 amide bonds. The van der Waals surface area contributed by atoms with E-state index in [1.807, 2.05) is 18.2 Å². The Morgan fingerprint density at radius 3 is 2.89 bits per heavy atom. The Labute approximate surface area is 128 Å². The molecular formula is C13H12Br2N4. The summed E-state index contributed by atoms with van der Waals surface area (Å²) in [4.78, 5) is 4.44. The lowest BCUT2D eigenvalue weighted by Gasteiger charge is -2.08. The van der Waals surface area contributed by atoms with Gasteiger partial charge in [-0.05, 0) is 57.0 Å². The van der Waals surface area contributed by atoms with Gasteiger partial charge in [-0.25, -0.2) is 4.98 Å². The van der Waals surface area contributed by atoms with Crippen LogP contribution in [-0.2, 0) is 13.1 Å². The molecule has 2 rings (SSSR count). The molecule has 4 nitrogen and oxygen atoms in total. The molecule has 0 radical (unpaired) electrons. The quantitative estimate of drug-likeness (QED) is 0.870. The topological polar surface area (TPSA) is 53.6 Å². The second-order valence-corrected chi connectivity index (χ2v) is 5.40. The van der Waals surface area contributed by atoms with Gasteiger partial charge in [0.15, 0.2) is 0 Å². The van der Waals surface area contributed by atoms with Crippen LogP contribution >= 0.6 is 31.9 Å². The molecule has 0 aliphatic rings. The molecule has 0 saturated heterocycles. The molecule has 0 fully saturated rings. The predicted octanol–water partition coefficient (Wildman–Crippen LogP) is 3.91. The largest absolute Gasteiger partial charge is 0.378 e. The summed E-state index contributed by atoms with van der Waals surface area (Å²) in [7, 11) is 0. The van der Waals surface area contributed by atoms with Crippen LogP contribution in [0.3, 0.4) is 0 Å². The summed E-state index contributed by atoms with van der Waals surface area (Å²) in [5.41, 5.74) is 1.56. The zero-order chi connectivity index (χ0) is 13.8. The monoisotopic (exact) mass is 382 g/mol. The highest BCUT2D eigenvalue weighted by Crippen LogP contribution is 2.24. The molecule has 19 heavy (non-hydrogen) atoms. The molecule has 0 aliphatic heterocycles. The number of hydrogen-bond acceptors (Lipinski definition) is 3. The van der Waals surface area contributed by atoms with Crippen LogP contribution in [0.4, 0.5) is 5.69 Å². The minimum Gasteiger partial charge on any atom is -0.378 e. The number of rotatable bonds is 4. The third-order valence-electron chi connectivity index (χ3n) is 2.70. The van der Waals surface area contributed by atoms with E-state index in [2.05, 4.69) is 59.7 Å². The standard InChI is InChI=1S/C13H12Br2N4/c1-2-19-11(18-12(14)13(19)15)8-17-10-5-3-4-9(6-10)7-16/h3-6,17H,2,8H2,1H3. The molecule has 1 aromatic carbocycles. The molecule has 98 valence electrons. The number of hydrogen-bond donors (Lipinski definition) is 1. The van der Waals surface area contributed by atoms with E-state index in [0.717, 1.165) is 27.3 Å². The smallest absolute Gasteiger partial charge is 0.139 e. The summed E-state index contributed by atoms with van der Waals surface area (Å²) in [6.07, 6.45) is 0. The fraction of sp³-hybridized carbons (Fsp3) is 0.231. The number of imidazole rings is 1. The highest BCUT2D eigenvalue weighted by atomic mass is 79.9. The van der Waals surface area contributed by atoms with Gasteiger partial charge < -0.3 is 9.88 Å². The highest BCUT2D eigenvalue weighted by Gasteiger charge is 2.11. The van der Waals surface area contributed by atoms with E-state index in [4.69, 9.17) is 5.26 Å². The van der Waals surface area contributed by atoms with Gasteiger partial charge in [0.25, 0.3) is 0 Å². The number of benzene rings is 1. The zero-order valence-electron chi connectivity index (χ0n) is 10.3. The van der Waals surface area contributed by atoms with Crippen LogP contribution in [0, 0.1) is 11.3 Å². The summed E-state index contributed by atoms with van der Waals surface area (Å²) >= 11 is 6.90. The number of nitriles is 1. The molecule has 0 bridgehead atoms. The van der Waals surface area contributed by atoms with Crippen LogP contribution in [0.2, 0.25) is 0 Å². The van der Waals surface area contributed by atoms with E-state index in [1.165, 1.54) is 0 Å². The molecule has 1 aromatic heterocycles. The minimum absolute atomic E-state index is 0.604. The van der Waals surface area contributed by atoms with E-state index < -0.39 is 0 Å². The maximum absolute atomic E-state index is 8.86. The second kappa shape index (κ2) is 6.22. The van der Waals surface area contributed by atoms with Crippen LogP contribution in [0.25, 0.3) is 0 Å². The summed E-state index contributed by atoms with van der Waals surface area (Å²) < 4.78 is 3.82. The Morgan fingerprint density at radius 1 is 1.42 bits per heavy atom. The SMILES string of the molecule is CCn1c(CNc2cccc(C#N)c2)nc(Br)c1Br. The molecule has 0 aliphatic carbocycles. The first-order chi connectivity index (χ1) is 9.15. The summed E-state index contributed by atoms with van der Waals surface area (Å²) in [5, 5.41) is 12.1. The molecular weight excluding hydrogens is 372 g/mol. The molecule has 2 aromatic rings. The van der Waals surface area contributed by atoms with Gasteiger partial charge in [0.1, 0.15) is 15.0 Å². The molecule has 0 unspecified atom stereocenters. The van der Waals surface area contributed by atoms with Crippen molar-refractivity contribution in [2.75, 3.05) is 5.32 Å². The van der Waals surface area contributed by atoms with E-state index >= 15 is 0 Å². The Kier molecular flexibility index (Phi) is 4.61. The first kappa shape index (κ1) is 14.1. The third kappa shape index (κ3) is 3.17. The lowest BCUT2D eigenvalue weighted by atomic mass is 10.2. The normalized spacial score (nSPS) is 10.2. The van der Waals surface area contributed by atoms with Gasteiger partial charge >= 0.3 is 0 Å². The maximum Gasteiger partial charge on any atom is 0.139 e. The number of nitrogens with zero attached hydrogens (tertiary/aromatic N) is 3. The van der Waals surface area contributed by atoms with E-state index in [9.17, 15) is 0 Å². The van der Waals surface area contributed by atoms with Crippen molar-refractivity contribution in [3.05, 3.63) is 44.9 Å². The summed E-state index contributed by atoms with van der Waals surface area (Å²) in [6.45, 7) is 3.51. The number of aromatic nitrogens is 2. The van der Waals surface area contributed by atoms with Crippen LogP contribution in [0.5, 0.6) is 0 Å². The molecule has 0 atom stereocenters. The van der Waals surface area contributed by atoms with Gasteiger partial charge in [-0.15, -0.1) is 0 Å². The van der Waals surface area contributed by atoms with Crippen LogP contribution in [0.1, 0.15) is 18.3 Å². The average Bonchev–Trinajstić information content (AvgIpc) is 2.71. The third-order valence-corrected chi connectivity index (χ3v) is 4.59. The van der Waals surface area contributed by atoms with Crippen molar-refractivity contribution in [2.45, 2.75) is 20.0 Å². The first-order valence-electron chi connectivity index (χ1n) is 5.80. The molecule has 1 N–H and O–H groups in total. The van der Waals surface area contributed by atoms with Crippen molar-refractivity contribution in [1.82, 2.24) is 9.55 Å². The Balaban J connectivity index is 2.14. The van der Waals surface area contributed by atoms with Crippen molar-refractivity contribution >= 4 is 37.5 Å². The predicted molar refractivity (Wildman–Crippen MR) is 81.8 cm³/mol. The Bertz CT molecular complexity index is 628. The van der Waals surface area contributed by atoms with Crippen molar-refractivity contribution in [3.63, 3.8) is 0 Å². The minimum atomic E-state index is 0.604. The van der Waals surface area contributed by atoms with Crippen molar-refractivity contribution < 1.29 is 0 Å². The highest BCUT2D eigenvalue weighted by molar-refractivity contribution is 9.13. The van der Waals surface area contributed by atoms with Gasteiger partial charge in [0.2, 0.25) is 0 Å². The zero-order valence-corrected chi connectivity index (χ0v) is 13.5. The van der Waals surface area contributed by atoms with E-state index in [1.54, 1.807) is 6.07 Å². The molecule has 1 heterocycles. The van der Waals surface area contributed by atoms with Crippen LogP contribution < -0.4 is 5.32 Å². The lowest BCUT2D eigenvalue weighted by molar-refractivity contribution is 0.695. The Hall–Kier alpha value is -1.32. The maximum atomic E-state index is 8.86. The fourth-order valence-corrected chi connectivity index (χ4v) is 2.74.